The Kier molecular flexibility index (Phi) is 3.69. The van der Waals surface area contributed by atoms with Crippen LogP contribution in [-0.2, 0) is 0 Å². The molecule has 0 radical (unpaired) electrons. The second-order valence-electron chi connectivity index (χ2n) is 2.52. The molecule has 1 heterocycles. The number of rotatable bonds is 3. The van der Waals surface area contributed by atoms with E-state index in [0.717, 1.165) is 15.8 Å². The van der Waals surface area contributed by atoms with Gasteiger partial charge in [-0.1, -0.05) is 22.0 Å². The predicted octanol–water partition coefficient (Wildman–Crippen LogP) is 3.16. The number of carboxylic acids is 1. The summed E-state index contributed by atoms with van der Waals surface area (Å²) in [5.41, 5.74) is 0.826. The van der Waals surface area contributed by atoms with Crippen LogP contribution in [0.1, 0.15) is 20.1 Å². The molecule has 1 aromatic heterocycles. The summed E-state index contributed by atoms with van der Waals surface area (Å²) in [6.07, 6.45) is 3.86. The molecule has 0 aliphatic carbocycles. The summed E-state index contributed by atoms with van der Waals surface area (Å²) in [6, 6.07) is 1.88. The van der Waals surface area contributed by atoms with Crippen LogP contribution in [0.2, 0.25) is 0 Å². The molecule has 0 amide bonds. The van der Waals surface area contributed by atoms with E-state index < -0.39 is 5.97 Å². The van der Waals surface area contributed by atoms with Crippen molar-refractivity contribution in [3.63, 3.8) is 0 Å². The Morgan fingerprint density at radius 1 is 1.77 bits per heavy atom. The first-order chi connectivity index (χ1) is 6.15. The molecule has 0 saturated heterocycles. The summed E-state index contributed by atoms with van der Waals surface area (Å²) < 4.78 is 0. The molecule has 0 atom stereocenters. The molecule has 0 saturated carbocycles. The maximum atomic E-state index is 10.7. The van der Waals surface area contributed by atoms with E-state index in [9.17, 15) is 4.79 Å². The molecule has 70 valence electrons. The predicted molar refractivity (Wildman–Crippen MR) is 58.8 cm³/mol. The number of alkyl halides is 1. The van der Waals surface area contributed by atoms with E-state index >= 15 is 0 Å². The highest BCUT2D eigenvalue weighted by molar-refractivity contribution is 9.09. The first-order valence-corrected chi connectivity index (χ1v) is 5.65. The van der Waals surface area contributed by atoms with Gasteiger partial charge in [-0.25, -0.2) is 4.79 Å². The second kappa shape index (κ2) is 4.58. The van der Waals surface area contributed by atoms with Gasteiger partial charge in [0.2, 0.25) is 0 Å². The lowest BCUT2D eigenvalue weighted by Crippen LogP contribution is -1.93. The molecule has 0 aromatic carbocycles. The molecule has 0 bridgehead atoms. The molecule has 1 aromatic rings. The van der Waals surface area contributed by atoms with E-state index in [1.165, 1.54) is 11.3 Å². The van der Waals surface area contributed by atoms with E-state index in [4.69, 9.17) is 5.11 Å². The average molecular weight is 261 g/mol. The lowest BCUT2D eigenvalue weighted by Gasteiger charge is -1.86. The van der Waals surface area contributed by atoms with E-state index in [0.29, 0.717) is 4.88 Å². The minimum Gasteiger partial charge on any atom is -0.477 e. The van der Waals surface area contributed by atoms with Crippen molar-refractivity contribution in [1.29, 1.82) is 0 Å². The van der Waals surface area contributed by atoms with Gasteiger partial charge in [-0.15, -0.1) is 11.3 Å². The van der Waals surface area contributed by atoms with Gasteiger partial charge in [0.1, 0.15) is 4.88 Å². The Balaban J connectivity index is 2.95. The largest absolute Gasteiger partial charge is 0.477 e. The monoisotopic (exact) mass is 260 g/mol. The van der Waals surface area contributed by atoms with Crippen LogP contribution in [0.25, 0.3) is 6.08 Å². The normalized spacial score (nSPS) is 10.9. The van der Waals surface area contributed by atoms with Gasteiger partial charge in [0.15, 0.2) is 0 Å². The third kappa shape index (κ3) is 2.67. The molecule has 1 N–H and O–H groups in total. The molecule has 0 aliphatic heterocycles. The van der Waals surface area contributed by atoms with Gasteiger partial charge < -0.3 is 5.11 Å². The fourth-order valence-corrected chi connectivity index (χ4v) is 2.09. The van der Waals surface area contributed by atoms with Gasteiger partial charge >= 0.3 is 5.97 Å². The SMILES string of the molecule is Cc1cc(/C=C\CBr)sc1C(=O)O. The van der Waals surface area contributed by atoms with Crippen molar-refractivity contribution in [3.8, 4) is 0 Å². The summed E-state index contributed by atoms with van der Waals surface area (Å²) in [6.45, 7) is 1.81. The molecule has 13 heavy (non-hydrogen) atoms. The van der Waals surface area contributed by atoms with Crippen LogP contribution >= 0.6 is 27.3 Å². The van der Waals surface area contributed by atoms with Crippen molar-refractivity contribution in [3.05, 3.63) is 27.5 Å². The van der Waals surface area contributed by atoms with E-state index in [-0.39, 0.29) is 0 Å². The molecular formula is C9H9BrO2S. The minimum absolute atomic E-state index is 0.425. The maximum Gasteiger partial charge on any atom is 0.346 e. The molecule has 0 spiro atoms. The Hall–Kier alpha value is -0.610. The molecule has 0 fully saturated rings. The van der Waals surface area contributed by atoms with Crippen LogP contribution in [0, 0.1) is 6.92 Å². The van der Waals surface area contributed by atoms with Crippen LogP contribution in [0.15, 0.2) is 12.1 Å². The second-order valence-corrected chi connectivity index (χ2v) is 4.25. The lowest BCUT2D eigenvalue weighted by atomic mass is 10.2. The topological polar surface area (TPSA) is 37.3 Å². The van der Waals surface area contributed by atoms with Gasteiger partial charge in [-0.2, -0.15) is 0 Å². The highest BCUT2D eigenvalue weighted by Gasteiger charge is 2.10. The molecule has 4 heteroatoms. The van der Waals surface area contributed by atoms with Gasteiger partial charge in [-0.05, 0) is 24.6 Å². The number of thiophene rings is 1. The summed E-state index contributed by atoms with van der Waals surface area (Å²) in [5.74, 6) is -0.846. The van der Waals surface area contributed by atoms with Crippen molar-refractivity contribution in [2.24, 2.45) is 0 Å². The molecule has 0 aliphatic rings. The zero-order valence-electron chi connectivity index (χ0n) is 7.08. The van der Waals surface area contributed by atoms with Gasteiger partial charge in [0.05, 0.1) is 0 Å². The fraction of sp³-hybridized carbons (Fsp3) is 0.222. The van der Waals surface area contributed by atoms with Crippen molar-refractivity contribution in [1.82, 2.24) is 0 Å². The summed E-state index contributed by atoms with van der Waals surface area (Å²) in [7, 11) is 0. The maximum absolute atomic E-state index is 10.7. The minimum atomic E-state index is -0.846. The first kappa shape index (κ1) is 10.5. The highest BCUT2D eigenvalue weighted by atomic mass is 79.9. The van der Waals surface area contributed by atoms with Crippen molar-refractivity contribution in [2.45, 2.75) is 6.92 Å². The van der Waals surface area contributed by atoms with Crippen molar-refractivity contribution in [2.75, 3.05) is 5.33 Å². The number of hydrogen-bond donors (Lipinski definition) is 1. The summed E-state index contributed by atoms with van der Waals surface area (Å²) >= 11 is 4.56. The number of carboxylic acid groups (broad SMARTS) is 1. The zero-order valence-corrected chi connectivity index (χ0v) is 9.48. The van der Waals surface area contributed by atoms with Gasteiger partial charge in [0.25, 0.3) is 0 Å². The highest BCUT2D eigenvalue weighted by Crippen LogP contribution is 2.22. The number of aryl methyl sites for hydroxylation is 1. The average Bonchev–Trinajstić information content (AvgIpc) is 2.43. The quantitative estimate of drug-likeness (QED) is 0.848. The third-order valence-corrected chi connectivity index (χ3v) is 3.07. The molecule has 1 rings (SSSR count). The van der Waals surface area contributed by atoms with E-state index in [1.54, 1.807) is 0 Å². The third-order valence-electron chi connectivity index (χ3n) is 1.50. The fourth-order valence-electron chi connectivity index (χ4n) is 0.962. The van der Waals surface area contributed by atoms with Gasteiger partial charge in [-0.3, -0.25) is 0 Å². The van der Waals surface area contributed by atoms with Crippen LogP contribution in [-0.4, -0.2) is 16.4 Å². The number of halogens is 1. The Labute approximate surface area is 89.0 Å². The summed E-state index contributed by atoms with van der Waals surface area (Å²) in [4.78, 5) is 12.1. The van der Waals surface area contributed by atoms with Gasteiger partial charge in [0, 0.05) is 10.2 Å². The molecule has 0 unspecified atom stereocenters. The Morgan fingerprint density at radius 3 is 2.92 bits per heavy atom. The van der Waals surface area contributed by atoms with Crippen LogP contribution in [0.5, 0.6) is 0 Å². The number of carbonyl (C=O) groups is 1. The smallest absolute Gasteiger partial charge is 0.346 e. The van der Waals surface area contributed by atoms with E-state index in [2.05, 4.69) is 15.9 Å². The summed E-state index contributed by atoms with van der Waals surface area (Å²) in [5, 5.41) is 9.57. The number of aromatic carboxylic acids is 1. The lowest BCUT2D eigenvalue weighted by molar-refractivity contribution is 0.0701. The zero-order chi connectivity index (χ0) is 9.84. The van der Waals surface area contributed by atoms with Crippen molar-refractivity contribution < 1.29 is 9.90 Å². The van der Waals surface area contributed by atoms with Crippen LogP contribution < -0.4 is 0 Å². The number of allylic oxidation sites excluding steroid dienone is 1. The Bertz CT molecular complexity index is 341. The van der Waals surface area contributed by atoms with Crippen LogP contribution in [0.4, 0.5) is 0 Å². The molecular weight excluding hydrogens is 252 g/mol. The molecule has 2 nitrogen and oxygen atoms in total. The standard InChI is InChI=1S/C9H9BrO2S/c1-6-5-7(3-2-4-10)13-8(6)9(11)12/h2-3,5H,4H2,1H3,(H,11,12)/b3-2-. The Morgan fingerprint density at radius 2 is 2.46 bits per heavy atom. The van der Waals surface area contributed by atoms with Crippen LogP contribution in [0.3, 0.4) is 0 Å². The number of hydrogen-bond acceptors (Lipinski definition) is 2. The first-order valence-electron chi connectivity index (χ1n) is 3.71. The van der Waals surface area contributed by atoms with E-state index in [1.807, 2.05) is 25.1 Å². The van der Waals surface area contributed by atoms with Crippen molar-refractivity contribution >= 4 is 39.3 Å².